The van der Waals surface area contributed by atoms with Gasteiger partial charge in [-0.3, -0.25) is 4.79 Å². The van der Waals surface area contributed by atoms with Crippen LogP contribution in [-0.2, 0) is 4.79 Å². The summed E-state index contributed by atoms with van der Waals surface area (Å²) in [6.07, 6.45) is -0.487. The molecular formula is C10H9ClO4. The number of hydrogen-bond donors (Lipinski definition) is 1. The number of hydrogen-bond acceptors (Lipinski definition) is 3. The second-order valence-corrected chi connectivity index (χ2v) is 3.28. The summed E-state index contributed by atoms with van der Waals surface area (Å²) in [6.45, 7) is 1.36. The molecule has 1 atom stereocenters. The van der Waals surface area contributed by atoms with E-state index in [-0.39, 0.29) is 16.3 Å². The van der Waals surface area contributed by atoms with Gasteiger partial charge in [0.15, 0.2) is 12.4 Å². The van der Waals surface area contributed by atoms with E-state index >= 15 is 0 Å². The van der Waals surface area contributed by atoms with Gasteiger partial charge in [0.1, 0.15) is 5.75 Å². The van der Waals surface area contributed by atoms with Gasteiger partial charge >= 0.3 is 5.97 Å². The Hall–Kier alpha value is -1.55. The number of ether oxygens (including phenoxy) is 1. The fraction of sp³-hybridized carbons (Fsp3) is 0.200. The number of carbonyl (C=O) groups is 2. The molecule has 15 heavy (non-hydrogen) atoms. The lowest BCUT2D eigenvalue weighted by Crippen LogP contribution is -2.23. The van der Waals surface area contributed by atoms with Gasteiger partial charge < -0.3 is 9.84 Å². The maximum atomic E-state index is 10.6. The predicted octanol–water partition coefficient (Wildman–Crippen LogP) is 2.00. The van der Waals surface area contributed by atoms with Crippen LogP contribution in [0.25, 0.3) is 0 Å². The molecule has 0 fully saturated rings. The summed E-state index contributed by atoms with van der Waals surface area (Å²) in [6, 6.07) is 4.62. The van der Waals surface area contributed by atoms with Crippen molar-refractivity contribution in [1.29, 1.82) is 0 Å². The van der Waals surface area contributed by atoms with E-state index in [1.807, 2.05) is 0 Å². The summed E-state index contributed by atoms with van der Waals surface area (Å²) < 4.78 is 5.07. The summed E-state index contributed by atoms with van der Waals surface area (Å²) in [5, 5.41) is 8.86. The molecule has 0 bridgehead atoms. The molecular weight excluding hydrogens is 220 g/mol. The first-order valence-corrected chi connectivity index (χ1v) is 4.57. The van der Waals surface area contributed by atoms with E-state index in [4.69, 9.17) is 21.4 Å². The van der Waals surface area contributed by atoms with Crippen LogP contribution in [0.2, 0.25) is 5.02 Å². The molecule has 0 saturated heterocycles. The Balaban J connectivity index is 3.02. The number of carbonyl (C=O) groups excluding carboxylic acids is 1. The van der Waals surface area contributed by atoms with Crippen LogP contribution in [0.1, 0.15) is 17.3 Å². The van der Waals surface area contributed by atoms with E-state index in [0.29, 0.717) is 6.29 Å². The lowest BCUT2D eigenvalue weighted by Gasteiger charge is -2.13. The third-order valence-electron chi connectivity index (χ3n) is 1.77. The van der Waals surface area contributed by atoms with Crippen LogP contribution in [0.3, 0.4) is 0 Å². The number of benzene rings is 1. The molecule has 0 heterocycles. The molecule has 1 rings (SSSR count). The fourth-order valence-electron chi connectivity index (χ4n) is 0.970. The Morgan fingerprint density at radius 3 is 2.80 bits per heavy atom. The van der Waals surface area contributed by atoms with Crippen molar-refractivity contribution in [3.8, 4) is 5.75 Å². The average molecular weight is 229 g/mol. The van der Waals surface area contributed by atoms with Crippen molar-refractivity contribution >= 4 is 23.9 Å². The number of aliphatic carboxylic acids is 1. The molecule has 0 spiro atoms. The summed E-state index contributed by atoms with van der Waals surface area (Å²) in [5.41, 5.74) is 0.232. The van der Waals surface area contributed by atoms with Crippen molar-refractivity contribution in [2.75, 3.05) is 0 Å². The topological polar surface area (TPSA) is 63.6 Å². The number of halogens is 1. The smallest absolute Gasteiger partial charge is 0.344 e. The fourth-order valence-corrected chi connectivity index (χ4v) is 1.20. The molecule has 0 aliphatic carbocycles. The molecule has 5 heteroatoms. The summed E-state index contributed by atoms with van der Waals surface area (Å²) in [5.74, 6) is -1.02. The molecule has 0 radical (unpaired) electrons. The normalized spacial score (nSPS) is 11.9. The highest BCUT2D eigenvalue weighted by molar-refractivity contribution is 6.32. The van der Waals surface area contributed by atoms with E-state index in [0.717, 1.165) is 0 Å². The minimum atomic E-state index is -1.12. The van der Waals surface area contributed by atoms with E-state index < -0.39 is 12.1 Å². The first kappa shape index (κ1) is 11.5. The van der Waals surface area contributed by atoms with Crippen molar-refractivity contribution < 1.29 is 19.4 Å². The predicted molar refractivity (Wildman–Crippen MR) is 54.6 cm³/mol. The second-order valence-electron chi connectivity index (χ2n) is 2.87. The number of aldehydes is 1. The van der Waals surface area contributed by atoms with E-state index in [2.05, 4.69) is 0 Å². The molecule has 1 N–H and O–H groups in total. The maximum absolute atomic E-state index is 10.6. The molecule has 0 aromatic heterocycles. The van der Waals surface area contributed by atoms with E-state index in [1.165, 1.54) is 19.1 Å². The monoisotopic (exact) mass is 228 g/mol. The van der Waals surface area contributed by atoms with Gasteiger partial charge in [-0.2, -0.15) is 0 Å². The third-order valence-corrected chi connectivity index (χ3v) is 2.06. The SMILES string of the molecule is CC(Oc1c(Cl)cccc1C=O)C(=O)O. The highest BCUT2D eigenvalue weighted by Gasteiger charge is 2.16. The van der Waals surface area contributed by atoms with Crippen LogP contribution >= 0.6 is 11.6 Å². The van der Waals surface area contributed by atoms with Crippen LogP contribution in [0.5, 0.6) is 5.75 Å². The zero-order valence-electron chi connectivity index (χ0n) is 7.94. The molecule has 0 aliphatic rings. The Kier molecular flexibility index (Phi) is 3.68. The van der Waals surface area contributed by atoms with Crippen LogP contribution in [0.4, 0.5) is 0 Å². The minimum Gasteiger partial charge on any atom is -0.479 e. The van der Waals surface area contributed by atoms with Crippen LogP contribution < -0.4 is 4.74 Å². The molecule has 0 amide bonds. The lowest BCUT2D eigenvalue weighted by atomic mass is 10.2. The van der Waals surface area contributed by atoms with Gasteiger partial charge in [0, 0.05) is 0 Å². The molecule has 1 aromatic carbocycles. The maximum Gasteiger partial charge on any atom is 0.344 e. The Morgan fingerprint density at radius 2 is 2.27 bits per heavy atom. The van der Waals surface area contributed by atoms with E-state index in [1.54, 1.807) is 6.07 Å². The summed E-state index contributed by atoms with van der Waals surface area (Å²) in [4.78, 5) is 21.2. The van der Waals surface area contributed by atoms with E-state index in [9.17, 15) is 9.59 Å². The van der Waals surface area contributed by atoms with Gasteiger partial charge in [0.2, 0.25) is 0 Å². The second kappa shape index (κ2) is 4.79. The van der Waals surface area contributed by atoms with Gasteiger partial charge in [-0.05, 0) is 19.1 Å². The zero-order chi connectivity index (χ0) is 11.4. The van der Waals surface area contributed by atoms with Crippen molar-refractivity contribution in [2.24, 2.45) is 0 Å². The number of carboxylic acid groups (broad SMARTS) is 1. The quantitative estimate of drug-likeness (QED) is 0.801. The van der Waals surface area contributed by atoms with Gasteiger partial charge in [0.25, 0.3) is 0 Å². The van der Waals surface area contributed by atoms with Crippen molar-refractivity contribution in [3.63, 3.8) is 0 Å². The Bertz CT molecular complexity index is 389. The minimum absolute atomic E-state index is 0.101. The summed E-state index contributed by atoms with van der Waals surface area (Å²) >= 11 is 5.78. The van der Waals surface area contributed by atoms with Crippen molar-refractivity contribution in [1.82, 2.24) is 0 Å². The summed E-state index contributed by atoms with van der Waals surface area (Å²) in [7, 11) is 0. The zero-order valence-corrected chi connectivity index (χ0v) is 8.69. The standard InChI is InChI=1S/C10H9ClO4/c1-6(10(13)14)15-9-7(5-12)3-2-4-8(9)11/h2-6H,1H3,(H,13,14). The molecule has 0 aliphatic heterocycles. The van der Waals surface area contributed by atoms with Gasteiger partial charge in [-0.25, -0.2) is 4.79 Å². The lowest BCUT2D eigenvalue weighted by molar-refractivity contribution is -0.144. The largest absolute Gasteiger partial charge is 0.479 e. The Morgan fingerprint density at radius 1 is 1.60 bits per heavy atom. The third kappa shape index (κ3) is 2.70. The Labute approximate surface area is 91.4 Å². The highest BCUT2D eigenvalue weighted by atomic mass is 35.5. The van der Waals surface area contributed by atoms with Gasteiger partial charge in [-0.1, -0.05) is 17.7 Å². The molecule has 0 saturated carbocycles. The van der Waals surface area contributed by atoms with Crippen LogP contribution in [0.15, 0.2) is 18.2 Å². The van der Waals surface area contributed by atoms with Crippen molar-refractivity contribution in [2.45, 2.75) is 13.0 Å². The number of para-hydroxylation sites is 1. The van der Waals surface area contributed by atoms with Gasteiger partial charge in [0.05, 0.1) is 10.6 Å². The molecule has 80 valence electrons. The van der Waals surface area contributed by atoms with Gasteiger partial charge in [-0.15, -0.1) is 0 Å². The van der Waals surface area contributed by atoms with Crippen LogP contribution in [0, 0.1) is 0 Å². The number of carboxylic acids is 1. The average Bonchev–Trinajstić information content (AvgIpc) is 2.20. The first-order valence-electron chi connectivity index (χ1n) is 4.19. The highest BCUT2D eigenvalue weighted by Crippen LogP contribution is 2.28. The molecule has 4 nitrogen and oxygen atoms in total. The van der Waals surface area contributed by atoms with Crippen LogP contribution in [-0.4, -0.2) is 23.5 Å². The molecule has 1 aromatic rings. The first-order chi connectivity index (χ1) is 7.06. The number of rotatable bonds is 4. The van der Waals surface area contributed by atoms with Crippen molar-refractivity contribution in [3.05, 3.63) is 28.8 Å². The molecule has 1 unspecified atom stereocenters.